The number of anilines is 1. The van der Waals surface area contributed by atoms with Crippen LogP contribution in [0.25, 0.3) is 10.8 Å². The molecule has 0 heterocycles. The lowest BCUT2D eigenvalue weighted by molar-refractivity contribution is -0.121. The number of hydrazone groups is 1. The molecule has 0 aliphatic carbocycles. The predicted octanol–water partition coefficient (Wildman–Crippen LogP) is 4.49. The van der Waals surface area contributed by atoms with Gasteiger partial charge in [-0.25, -0.2) is 5.43 Å². The van der Waals surface area contributed by atoms with Gasteiger partial charge in [-0.2, -0.15) is 5.10 Å². The second-order valence-electron chi connectivity index (χ2n) is 6.47. The minimum atomic E-state index is -0.397. The third-order valence-electron chi connectivity index (χ3n) is 4.33. The molecule has 0 saturated heterocycles. The summed E-state index contributed by atoms with van der Waals surface area (Å²) >= 11 is 0. The number of aryl methyl sites for hydroxylation is 1. The van der Waals surface area contributed by atoms with Crippen molar-refractivity contribution in [2.24, 2.45) is 5.10 Å². The van der Waals surface area contributed by atoms with Crippen molar-refractivity contribution >= 4 is 28.1 Å². The molecular formula is C22H23N3O. The molecule has 26 heavy (non-hydrogen) atoms. The summed E-state index contributed by atoms with van der Waals surface area (Å²) < 4.78 is 0. The van der Waals surface area contributed by atoms with Gasteiger partial charge < -0.3 is 5.32 Å². The molecule has 0 bridgehead atoms. The summed E-state index contributed by atoms with van der Waals surface area (Å²) in [5.74, 6) is -0.176. The Bertz CT molecular complexity index is 945. The van der Waals surface area contributed by atoms with Gasteiger partial charge in [0.1, 0.15) is 6.04 Å². The Labute approximate surface area is 153 Å². The molecule has 4 heteroatoms. The predicted molar refractivity (Wildman–Crippen MR) is 109 cm³/mol. The van der Waals surface area contributed by atoms with E-state index in [0.29, 0.717) is 0 Å². The SMILES string of the molecule is C/C(=N\NC(=O)C(C)Nc1ccc2ccccc2c1)c1ccc(C)cc1. The quantitative estimate of drug-likeness (QED) is 0.529. The van der Waals surface area contributed by atoms with E-state index in [0.717, 1.165) is 22.3 Å². The highest BCUT2D eigenvalue weighted by molar-refractivity contribution is 5.99. The van der Waals surface area contributed by atoms with E-state index in [2.05, 4.69) is 28.0 Å². The summed E-state index contributed by atoms with van der Waals surface area (Å²) in [6, 6.07) is 21.9. The highest BCUT2D eigenvalue weighted by Gasteiger charge is 2.12. The minimum Gasteiger partial charge on any atom is -0.374 e. The standard InChI is InChI=1S/C22H23N3O/c1-15-8-10-18(11-9-15)16(2)24-25-22(26)17(3)23-21-13-12-19-6-4-5-7-20(19)14-21/h4-14,17,23H,1-3H3,(H,25,26)/b24-16+. The Morgan fingerprint density at radius 3 is 2.38 bits per heavy atom. The lowest BCUT2D eigenvalue weighted by atomic mass is 10.1. The zero-order chi connectivity index (χ0) is 18.5. The van der Waals surface area contributed by atoms with E-state index < -0.39 is 6.04 Å². The van der Waals surface area contributed by atoms with Crippen LogP contribution in [0.5, 0.6) is 0 Å². The minimum absolute atomic E-state index is 0.176. The molecule has 1 atom stereocenters. The van der Waals surface area contributed by atoms with Crippen molar-refractivity contribution in [1.82, 2.24) is 5.43 Å². The van der Waals surface area contributed by atoms with E-state index in [1.165, 1.54) is 10.9 Å². The van der Waals surface area contributed by atoms with E-state index in [1.807, 2.05) is 75.4 Å². The molecule has 0 aliphatic rings. The Kier molecular flexibility index (Phi) is 5.32. The molecule has 0 aliphatic heterocycles. The van der Waals surface area contributed by atoms with Crippen LogP contribution in [0.15, 0.2) is 71.8 Å². The van der Waals surface area contributed by atoms with Crippen molar-refractivity contribution in [3.8, 4) is 0 Å². The van der Waals surface area contributed by atoms with Crippen LogP contribution in [0.4, 0.5) is 5.69 Å². The van der Waals surface area contributed by atoms with Crippen LogP contribution in [-0.4, -0.2) is 17.7 Å². The first kappa shape index (κ1) is 17.7. The number of rotatable bonds is 5. The molecule has 0 spiro atoms. The lowest BCUT2D eigenvalue weighted by Gasteiger charge is -2.14. The molecule has 0 saturated carbocycles. The number of fused-ring (bicyclic) bond motifs is 1. The molecule has 3 aromatic rings. The number of carbonyl (C=O) groups is 1. The molecule has 0 radical (unpaired) electrons. The van der Waals surface area contributed by atoms with E-state index in [4.69, 9.17) is 0 Å². The highest BCUT2D eigenvalue weighted by Crippen LogP contribution is 2.19. The smallest absolute Gasteiger partial charge is 0.262 e. The Morgan fingerprint density at radius 2 is 1.65 bits per heavy atom. The monoisotopic (exact) mass is 345 g/mol. The number of hydrogen-bond acceptors (Lipinski definition) is 3. The first-order chi connectivity index (χ1) is 12.5. The molecule has 3 aromatic carbocycles. The summed E-state index contributed by atoms with van der Waals surface area (Å²) in [4.78, 5) is 12.3. The highest BCUT2D eigenvalue weighted by atomic mass is 16.2. The number of amides is 1. The molecule has 132 valence electrons. The van der Waals surface area contributed by atoms with E-state index in [9.17, 15) is 4.79 Å². The van der Waals surface area contributed by atoms with Gasteiger partial charge in [-0.05, 0) is 49.2 Å². The normalized spacial score (nSPS) is 12.7. The van der Waals surface area contributed by atoms with Crippen molar-refractivity contribution in [1.29, 1.82) is 0 Å². The molecule has 4 nitrogen and oxygen atoms in total. The van der Waals surface area contributed by atoms with Crippen molar-refractivity contribution < 1.29 is 4.79 Å². The maximum Gasteiger partial charge on any atom is 0.262 e. The van der Waals surface area contributed by atoms with E-state index in [-0.39, 0.29) is 5.91 Å². The fourth-order valence-corrected chi connectivity index (χ4v) is 2.69. The Hall–Kier alpha value is -3.14. The van der Waals surface area contributed by atoms with Crippen LogP contribution in [0.2, 0.25) is 0 Å². The van der Waals surface area contributed by atoms with Gasteiger partial charge in [0.15, 0.2) is 0 Å². The molecule has 1 amide bonds. The number of carbonyl (C=O) groups excluding carboxylic acids is 1. The third kappa shape index (κ3) is 4.28. The number of nitrogens with zero attached hydrogens (tertiary/aromatic N) is 1. The van der Waals surface area contributed by atoms with Gasteiger partial charge >= 0.3 is 0 Å². The van der Waals surface area contributed by atoms with Crippen molar-refractivity contribution in [3.05, 3.63) is 77.9 Å². The van der Waals surface area contributed by atoms with Gasteiger partial charge in [-0.1, -0.05) is 60.2 Å². The summed E-state index contributed by atoms with van der Waals surface area (Å²) in [6.07, 6.45) is 0. The van der Waals surface area contributed by atoms with Crippen molar-refractivity contribution in [2.75, 3.05) is 5.32 Å². The Morgan fingerprint density at radius 1 is 0.962 bits per heavy atom. The fraction of sp³-hybridized carbons (Fsp3) is 0.182. The van der Waals surface area contributed by atoms with Gasteiger partial charge in [0, 0.05) is 5.69 Å². The molecule has 2 N–H and O–H groups in total. The zero-order valence-electron chi connectivity index (χ0n) is 15.3. The van der Waals surface area contributed by atoms with E-state index >= 15 is 0 Å². The summed E-state index contributed by atoms with van der Waals surface area (Å²) in [6.45, 7) is 5.74. The van der Waals surface area contributed by atoms with Gasteiger partial charge in [-0.3, -0.25) is 4.79 Å². The second-order valence-corrected chi connectivity index (χ2v) is 6.47. The summed E-state index contributed by atoms with van der Waals surface area (Å²) in [7, 11) is 0. The first-order valence-corrected chi connectivity index (χ1v) is 8.69. The zero-order valence-corrected chi connectivity index (χ0v) is 15.3. The lowest BCUT2D eigenvalue weighted by Crippen LogP contribution is -2.35. The van der Waals surface area contributed by atoms with Gasteiger partial charge in [-0.15, -0.1) is 0 Å². The molecular weight excluding hydrogens is 322 g/mol. The average Bonchev–Trinajstić information content (AvgIpc) is 2.66. The third-order valence-corrected chi connectivity index (χ3v) is 4.33. The first-order valence-electron chi connectivity index (χ1n) is 8.69. The topological polar surface area (TPSA) is 53.5 Å². The van der Waals surface area contributed by atoms with Crippen LogP contribution >= 0.6 is 0 Å². The summed E-state index contributed by atoms with van der Waals surface area (Å²) in [5, 5.41) is 9.75. The van der Waals surface area contributed by atoms with Crippen LogP contribution < -0.4 is 10.7 Å². The molecule has 1 unspecified atom stereocenters. The molecule has 0 aromatic heterocycles. The van der Waals surface area contributed by atoms with Crippen LogP contribution in [0.1, 0.15) is 25.0 Å². The van der Waals surface area contributed by atoms with E-state index in [1.54, 1.807) is 0 Å². The number of hydrogen-bond donors (Lipinski definition) is 2. The molecule has 0 fully saturated rings. The average molecular weight is 345 g/mol. The van der Waals surface area contributed by atoms with Gasteiger partial charge in [0.25, 0.3) is 5.91 Å². The summed E-state index contributed by atoms with van der Waals surface area (Å²) in [5.41, 5.74) is 6.51. The van der Waals surface area contributed by atoms with Gasteiger partial charge in [0.05, 0.1) is 5.71 Å². The van der Waals surface area contributed by atoms with Crippen molar-refractivity contribution in [2.45, 2.75) is 26.8 Å². The number of benzene rings is 3. The largest absolute Gasteiger partial charge is 0.374 e. The van der Waals surface area contributed by atoms with Gasteiger partial charge in [0.2, 0.25) is 0 Å². The number of nitrogens with one attached hydrogen (secondary N) is 2. The van der Waals surface area contributed by atoms with Crippen LogP contribution in [-0.2, 0) is 4.79 Å². The fourth-order valence-electron chi connectivity index (χ4n) is 2.69. The van der Waals surface area contributed by atoms with Crippen LogP contribution in [0.3, 0.4) is 0 Å². The van der Waals surface area contributed by atoms with Crippen molar-refractivity contribution in [3.63, 3.8) is 0 Å². The molecule has 3 rings (SSSR count). The van der Waals surface area contributed by atoms with Crippen LogP contribution in [0, 0.1) is 6.92 Å². The maximum atomic E-state index is 12.3. The maximum absolute atomic E-state index is 12.3. The second kappa shape index (κ2) is 7.83. The Balaban J connectivity index is 1.63.